The molecule has 3 heterocycles. The van der Waals surface area contributed by atoms with Gasteiger partial charge in [0.25, 0.3) is 10.2 Å². The van der Waals surface area contributed by atoms with Crippen molar-refractivity contribution >= 4 is 37.7 Å². The summed E-state index contributed by atoms with van der Waals surface area (Å²) in [5.41, 5.74) is -1.29. The molecular formula is C33H37F3N6O4S. The normalized spacial score (nSPS) is 21.7. The van der Waals surface area contributed by atoms with E-state index in [2.05, 4.69) is 24.3 Å². The molecule has 0 amide bonds. The number of nitrogens with one attached hydrogen (secondary N) is 2. The molecule has 250 valence electrons. The summed E-state index contributed by atoms with van der Waals surface area (Å²) < 4.78 is 84.1. The van der Waals surface area contributed by atoms with E-state index in [4.69, 9.17) is 4.74 Å². The van der Waals surface area contributed by atoms with Gasteiger partial charge >= 0.3 is 6.01 Å². The first-order valence-corrected chi connectivity index (χ1v) is 17.3. The van der Waals surface area contributed by atoms with Crippen LogP contribution in [0.25, 0.3) is 32.8 Å². The summed E-state index contributed by atoms with van der Waals surface area (Å²) >= 11 is 0. The summed E-state index contributed by atoms with van der Waals surface area (Å²) in [6, 6.07) is 6.48. The predicted molar refractivity (Wildman–Crippen MR) is 173 cm³/mol. The maximum Gasteiger partial charge on any atom is 0.319 e. The zero-order chi connectivity index (χ0) is 33.3. The van der Waals surface area contributed by atoms with Gasteiger partial charge in [0, 0.05) is 37.0 Å². The fourth-order valence-electron chi connectivity index (χ4n) is 7.30. The number of aromatic hydroxyl groups is 1. The second kappa shape index (κ2) is 11.5. The molecule has 10 nitrogen and oxygen atoms in total. The van der Waals surface area contributed by atoms with Gasteiger partial charge in [0.2, 0.25) is 0 Å². The Morgan fingerprint density at radius 2 is 1.87 bits per heavy atom. The lowest BCUT2D eigenvalue weighted by molar-refractivity contribution is 0.183. The van der Waals surface area contributed by atoms with E-state index in [1.54, 1.807) is 6.92 Å². The molecule has 1 aliphatic carbocycles. The maximum absolute atomic E-state index is 16.9. The van der Waals surface area contributed by atoms with Crippen molar-refractivity contribution < 1.29 is 31.4 Å². The monoisotopic (exact) mass is 670 g/mol. The Hall–Kier alpha value is -3.72. The van der Waals surface area contributed by atoms with Crippen molar-refractivity contribution in [3.05, 3.63) is 53.3 Å². The van der Waals surface area contributed by atoms with Crippen molar-refractivity contribution in [1.29, 1.82) is 0 Å². The third-order valence-electron chi connectivity index (χ3n) is 9.56. The number of aromatic nitrogens is 2. The SMILES string of the molecule is CCc1c(F)ccc2cc(O)cc(-c3c(F)cc4c(N5CCCC6(CNS(=O)(=O)N6)C5)nc(OCC5(CN(C)C)CC5)nc4c3F)c12. The third-order valence-corrected chi connectivity index (χ3v) is 10.8. The summed E-state index contributed by atoms with van der Waals surface area (Å²) in [5, 5.41) is 11.4. The molecule has 3 N–H and O–H groups in total. The van der Waals surface area contributed by atoms with Gasteiger partial charge in [-0.1, -0.05) is 13.0 Å². The highest BCUT2D eigenvalue weighted by molar-refractivity contribution is 7.87. The zero-order valence-electron chi connectivity index (χ0n) is 26.5. The van der Waals surface area contributed by atoms with Gasteiger partial charge in [-0.3, -0.25) is 0 Å². The molecule has 14 heteroatoms. The van der Waals surface area contributed by atoms with E-state index in [0.29, 0.717) is 36.8 Å². The number of anilines is 1. The number of halogens is 3. The average molecular weight is 671 g/mol. The Balaban J connectivity index is 1.40. The maximum atomic E-state index is 16.9. The van der Waals surface area contributed by atoms with Gasteiger partial charge in [0.05, 0.1) is 17.7 Å². The van der Waals surface area contributed by atoms with Crippen LogP contribution in [0, 0.1) is 22.9 Å². The highest BCUT2D eigenvalue weighted by Gasteiger charge is 2.46. The first-order valence-electron chi connectivity index (χ1n) is 15.8. The smallest absolute Gasteiger partial charge is 0.319 e. The molecule has 47 heavy (non-hydrogen) atoms. The molecule has 1 spiro atoms. The van der Waals surface area contributed by atoms with Crippen LogP contribution in [0.1, 0.15) is 38.2 Å². The number of hydrogen-bond donors (Lipinski definition) is 3. The van der Waals surface area contributed by atoms with E-state index in [1.807, 2.05) is 19.0 Å². The molecule has 1 atom stereocenters. The number of benzene rings is 3. The van der Waals surface area contributed by atoms with E-state index in [0.717, 1.165) is 25.5 Å². The standard InChI is InChI=1S/C33H37F3N6O4S/c1-4-21-24(34)7-6-19-12-20(43)13-22(26(19)21)27-25(35)14-23-29(28(27)36)38-31(46-18-32(9-10-32)16-41(2)3)39-30(23)42-11-5-8-33(17-42)15-37-47(44,45)40-33/h6-7,12-14,37,40,43H,4-5,8-11,15-18H2,1-3H3. The van der Waals surface area contributed by atoms with Crippen LogP contribution in [0.2, 0.25) is 0 Å². The van der Waals surface area contributed by atoms with Crippen molar-refractivity contribution in [1.82, 2.24) is 24.3 Å². The average Bonchev–Trinajstić information content (AvgIpc) is 3.70. The van der Waals surface area contributed by atoms with Gasteiger partial charge in [0.15, 0.2) is 5.82 Å². The Labute approximate surface area is 271 Å². The number of fused-ring (bicyclic) bond motifs is 2. The topological polar surface area (TPSA) is 120 Å². The van der Waals surface area contributed by atoms with Crippen molar-refractivity contribution in [2.45, 2.75) is 44.6 Å². The largest absolute Gasteiger partial charge is 0.508 e. The molecule has 7 rings (SSSR count). The molecule has 3 fully saturated rings. The Bertz CT molecular complexity index is 2020. The van der Waals surface area contributed by atoms with Gasteiger partial charge < -0.3 is 19.6 Å². The van der Waals surface area contributed by atoms with Crippen LogP contribution in [0.4, 0.5) is 19.0 Å². The van der Waals surface area contributed by atoms with E-state index >= 15 is 8.78 Å². The number of rotatable bonds is 8. The molecule has 1 aromatic heterocycles. The van der Waals surface area contributed by atoms with Gasteiger partial charge in [0.1, 0.15) is 28.7 Å². The molecule has 0 radical (unpaired) electrons. The fourth-order valence-corrected chi connectivity index (χ4v) is 8.65. The molecule has 3 aromatic carbocycles. The van der Waals surface area contributed by atoms with E-state index in [9.17, 15) is 17.9 Å². The minimum atomic E-state index is -3.67. The first-order chi connectivity index (χ1) is 22.3. The molecule has 0 bridgehead atoms. The van der Waals surface area contributed by atoms with Crippen LogP contribution >= 0.6 is 0 Å². The van der Waals surface area contributed by atoms with E-state index < -0.39 is 38.8 Å². The van der Waals surface area contributed by atoms with Crippen LogP contribution in [0.3, 0.4) is 0 Å². The summed E-state index contributed by atoms with van der Waals surface area (Å²) in [4.78, 5) is 13.0. The number of piperidine rings is 1. The molecule has 1 unspecified atom stereocenters. The Morgan fingerprint density at radius 1 is 1.09 bits per heavy atom. The summed E-state index contributed by atoms with van der Waals surface area (Å²) in [6.45, 7) is 3.67. The fraction of sp³-hybridized carbons (Fsp3) is 0.455. The molecule has 4 aromatic rings. The van der Waals surface area contributed by atoms with Gasteiger partial charge in [-0.15, -0.1) is 0 Å². The second-order valence-electron chi connectivity index (χ2n) is 13.5. The number of aryl methyl sites for hydroxylation is 1. The minimum absolute atomic E-state index is 0.00200. The molecular weight excluding hydrogens is 633 g/mol. The lowest BCUT2D eigenvalue weighted by Crippen LogP contribution is -2.56. The summed E-state index contributed by atoms with van der Waals surface area (Å²) in [6.07, 6.45) is 3.34. The Morgan fingerprint density at radius 3 is 2.55 bits per heavy atom. The third kappa shape index (κ3) is 5.85. The van der Waals surface area contributed by atoms with Crippen molar-refractivity contribution in [2.75, 3.05) is 51.8 Å². The van der Waals surface area contributed by atoms with Crippen molar-refractivity contribution in [3.8, 4) is 22.9 Å². The predicted octanol–water partition coefficient (Wildman–Crippen LogP) is 4.63. The molecule has 2 aliphatic heterocycles. The van der Waals surface area contributed by atoms with Crippen LogP contribution in [-0.4, -0.2) is 80.8 Å². The summed E-state index contributed by atoms with van der Waals surface area (Å²) in [7, 11) is 0.289. The van der Waals surface area contributed by atoms with E-state index in [1.165, 1.54) is 24.3 Å². The van der Waals surface area contributed by atoms with Gasteiger partial charge in [-0.2, -0.15) is 23.1 Å². The molecule has 1 saturated carbocycles. The number of ether oxygens (including phenoxy) is 1. The highest BCUT2D eigenvalue weighted by atomic mass is 32.2. The first kappa shape index (κ1) is 31.9. The minimum Gasteiger partial charge on any atom is -0.508 e. The van der Waals surface area contributed by atoms with Crippen LogP contribution in [0.5, 0.6) is 11.8 Å². The lowest BCUT2D eigenvalue weighted by atomic mass is 9.90. The number of phenolic OH excluding ortho intramolecular Hbond substituents is 1. The second-order valence-corrected chi connectivity index (χ2v) is 15.0. The van der Waals surface area contributed by atoms with Crippen LogP contribution < -0.4 is 19.1 Å². The number of phenols is 1. The number of hydrogen-bond acceptors (Lipinski definition) is 8. The van der Waals surface area contributed by atoms with E-state index in [-0.39, 0.29) is 64.5 Å². The van der Waals surface area contributed by atoms with Crippen molar-refractivity contribution in [2.24, 2.45) is 5.41 Å². The highest BCUT2D eigenvalue weighted by Crippen LogP contribution is 2.47. The lowest BCUT2D eigenvalue weighted by Gasteiger charge is -2.40. The zero-order valence-corrected chi connectivity index (χ0v) is 27.3. The van der Waals surface area contributed by atoms with Crippen LogP contribution in [-0.2, 0) is 16.6 Å². The summed E-state index contributed by atoms with van der Waals surface area (Å²) in [5.74, 6) is -2.47. The van der Waals surface area contributed by atoms with Gasteiger partial charge in [-0.25, -0.2) is 17.9 Å². The number of nitrogens with zero attached hydrogens (tertiary/aromatic N) is 4. The quantitative estimate of drug-likeness (QED) is 0.248. The molecule has 3 aliphatic rings. The van der Waals surface area contributed by atoms with Crippen LogP contribution in [0.15, 0.2) is 30.3 Å². The Kier molecular flexibility index (Phi) is 7.77. The molecule has 2 saturated heterocycles. The van der Waals surface area contributed by atoms with Crippen molar-refractivity contribution in [3.63, 3.8) is 0 Å². The van der Waals surface area contributed by atoms with Gasteiger partial charge in [-0.05, 0) is 92.4 Å².